The summed E-state index contributed by atoms with van der Waals surface area (Å²) in [5.74, 6) is -2.20. The molecule has 4 rings (SSSR count). The van der Waals surface area contributed by atoms with Gasteiger partial charge in [0.1, 0.15) is 0 Å². The van der Waals surface area contributed by atoms with Gasteiger partial charge in [0, 0.05) is 51.8 Å². The zero-order valence-electron chi connectivity index (χ0n) is 25.4. The molecule has 0 radical (unpaired) electrons. The number of aromatic amines is 2. The van der Waals surface area contributed by atoms with E-state index in [1.54, 1.807) is 0 Å². The van der Waals surface area contributed by atoms with Gasteiger partial charge < -0.3 is 25.5 Å². The first kappa shape index (κ1) is 31.2. The van der Waals surface area contributed by atoms with E-state index in [0.717, 1.165) is 44.7 Å². The van der Waals surface area contributed by atoms with Crippen molar-refractivity contribution < 1.29 is 29.4 Å². The summed E-state index contributed by atoms with van der Waals surface area (Å²) >= 11 is 0. The zero-order valence-corrected chi connectivity index (χ0v) is 25.4. The Balaban J connectivity index is 1.90. The number of carboxylic acid groups (broad SMARTS) is 2. The van der Waals surface area contributed by atoms with Gasteiger partial charge in [0.15, 0.2) is 0 Å². The van der Waals surface area contributed by atoms with Crippen LogP contribution in [0.5, 0.6) is 0 Å². The Morgan fingerprint density at radius 1 is 0.744 bits per heavy atom. The largest absolute Gasteiger partial charge is 0.481 e. The van der Waals surface area contributed by atoms with Crippen LogP contribution >= 0.6 is 0 Å². The fraction of sp³-hybridized carbons (Fsp3) is 0.364. The van der Waals surface area contributed by atoms with Crippen LogP contribution in [0.15, 0.2) is 33.0 Å². The second-order valence-electron chi connectivity index (χ2n) is 10.9. The molecule has 2 aromatic rings. The van der Waals surface area contributed by atoms with Crippen molar-refractivity contribution in [3.8, 4) is 0 Å². The van der Waals surface area contributed by atoms with Gasteiger partial charge in [-0.2, -0.15) is 0 Å². The Labute approximate surface area is 249 Å². The van der Waals surface area contributed by atoms with Gasteiger partial charge >= 0.3 is 11.9 Å². The number of hydrogen-bond acceptors (Lipinski definition) is 4. The maximum atomic E-state index is 12.4. The Morgan fingerprint density at radius 2 is 1.37 bits per heavy atom. The zero-order chi connectivity index (χ0) is 31.6. The van der Waals surface area contributed by atoms with Crippen molar-refractivity contribution in [2.45, 2.75) is 80.1 Å². The lowest BCUT2D eigenvalue weighted by Crippen LogP contribution is -2.16. The summed E-state index contributed by atoms with van der Waals surface area (Å²) in [6, 6.07) is 0. The van der Waals surface area contributed by atoms with Crippen molar-refractivity contribution in [2.24, 2.45) is 4.99 Å². The van der Waals surface area contributed by atoms with E-state index in [9.17, 15) is 29.4 Å². The fourth-order valence-corrected chi connectivity index (χ4v) is 5.75. The summed E-state index contributed by atoms with van der Waals surface area (Å²) in [5, 5.41) is 23.2. The van der Waals surface area contributed by atoms with Gasteiger partial charge in [-0.05, 0) is 105 Å². The number of H-pyrrole nitrogens is 2. The molecule has 2 amide bonds. The highest BCUT2D eigenvalue weighted by atomic mass is 16.4. The molecule has 0 spiro atoms. The number of amides is 2. The minimum absolute atomic E-state index is 0.0704. The third-order valence-corrected chi connectivity index (χ3v) is 8.34. The van der Waals surface area contributed by atoms with Crippen molar-refractivity contribution in [1.82, 2.24) is 15.3 Å². The third-order valence-electron chi connectivity index (χ3n) is 8.34. The van der Waals surface area contributed by atoms with Gasteiger partial charge in [0.25, 0.3) is 11.8 Å². The van der Waals surface area contributed by atoms with Crippen LogP contribution in [0, 0.1) is 13.8 Å². The molecule has 0 fully saturated rings. The van der Waals surface area contributed by atoms with Gasteiger partial charge in [-0.3, -0.25) is 19.2 Å². The molecule has 10 heteroatoms. The minimum Gasteiger partial charge on any atom is -0.481 e. The fourth-order valence-electron chi connectivity index (χ4n) is 5.75. The number of nitrogens with one attached hydrogen (secondary N) is 3. The average Bonchev–Trinajstić information content (AvgIpc) is 3.58. The maximum absolute atomic E-state index is 12.4. The number of nitrogens with zero attached hydrogens (tertiary/aromatic N) is 1. The summed E-state index contributed by atoms with van der Waals surface area (Å²) in [6.07, 6.45) is 7.17. The average molecular weight is 587 g/mol. The second-order valence-corrected chi connectivity index (χ2v) is 10.9. The van der Waals surface area contributed by atoms with E-state index in [1.807, 2.05) is 59.8 Å². The lowest BCUT2D eigenvalue weighted by Gasteiger charge is -2.02. The number of aliphatic imine (C=N–C) groups is 1. The Hall–Kier alpha value is -4.73. The Bertz CT molecular complexity index is 1790. The van der Waals surface area contributed by atoms with Crippen LogP contribution in [0.1, 0.15) is 87.0 Å². The number of rotatable bonds is 11. The molecule has 2 aliphatic rings. The van der Waals surface area contributed by atoms with E-state index >= 15 is 0 Å². The molecule has 5 N–H and O–H groups in total. The van der Waals surface area contributed by atoms with Crippen LogP contribution in [0.4, 0.5) is 0 Å². The highest BCUT2D eigenvalue weighted by molar-refractivity contribution is 6.30. The molecule has 2 aliphatic heterocycles. The number of aromatic nitrogens is 2. The van der Waals surface area contributed by atoms with E-state index in [1.165, 1.54) is 0 Å². The molecule has 0 unspecified atom stereocenters. The first-order chi connectivity index (χ1) is 20.4. The van der Waals surface area contributed by atoms with Gasteiger partial charge in [0.05, 0.1) is 5.71 Å². The molecule has 2 aromatic heterocycles. The van der Waals surface area contributed by atoms with Gasteiger partial charge in [-0.15, -0.1) is 0 Å². The number of carboxylic acids is 2. The molecule has 43 heavy (non-hydrogen) atoms. The lowest BCUT2D eigenvalue weighted by molar-refractivity contribution is -0.138. The van der Waals surface area contributed by atoms with Crippen LogP contribution in [0.25, 0.3) is 18.2 Å². The summed E-state index contributed by atoms with van der Waals surface area (Å²) in [5.41, 5.74) is 9.13. The van der Waals surface area contributed by atoms with Crippen LogP contribution in [-0.4, -0.2) is 49.6 Å². The highest BCUT2D eigenvalue weighted by Gasteiger charge is 2.24. The first-order valence-corrected chi connectivity index (χ1v) is 14.5. The highest BCUT2D eigenvalue weighted by Crippen LogP contribution is 2.28. The van der Waals surface area contributed by atoms with Crippen molar-refractivity contribution in [1.29, 1.82) is 0 Å². The molecule has 10 nitrogen and oxygen atoms in total. The molecule has 0 saturated heterocycles. The lowest BCUT2D eigenvalue weighted by atomic mass is 10.0. The maximum Gasteiger partial charge on any atom is 0.303 e. The third kappa shape index (κ3) is 6.38. The van der Waals surface area contributed by atoms with Crippen LogP contribution in [0.2, 0.25) is 0 Å². The van der Waals surface area contributed by atoms with Crippen molar-refractivity contribution >= 4 is 47.7 Å². The molecule has 226 valence electrons. The monoisotopic (exact) mass is 586 g/mol. The SMILES string of the molecule is CCC1=C(C)C(C=c2[nH]c(=Cc3[nH]c(C=C4NC(=O)C(CC)=C4C)c(C)c3CCC(=O)O)c(CCC(=O)O)c2C)=NC1=O. The molecule has 4 heterocycles. The number of carbonyl (C=O) groups excluding carboxylic acids is 2. The molecule has 0 aliphatic carbocycles. The topological polar surface area (TPSA) is 165 Å². The number of aliphatic carboxylic acids is 2. The summed E-state index contributed by atoms with van der Waals surface area (Å²) in [4.78, 5) is 58.8. The summed E-state index contributed by atoms with van der Waals surface area (Å²) in [6.45, 7) is 11.4. The quantitative estimate of drug-likeness (QED) is 0.270. The summed E-state index contributed by atoms with van der Waals surface area (Å²) < 4.78 is 0. The smallest absolute Gasteiger partial charge is 0.303 e. The standard InChI is InChI=1S/C33H38N4O6/c1-7-20-16(3)26(36-32(20)42)13-24-18(5)22(9-11-30(38)39)28(34-24)15-29-23(10-12-31(40)41)19(6)25(35-29)14-27-17(4)21(8-2)33(43)37-27/h13-15,34-35H,7-12H2,1-6H3,(H,36,42)(H,38,39)(H,40,41). The van der Waals surface area contributed by atoms with Gasteiger partial charge in [-0.1, -0.05) is 13.8 Å². The molecule has 0 bridgehead atoms. The van der Waals surface area contributed by atoms with E-state index < -0.39 is 11.9 Å². The molecular weight excluding hydrogens is 548 g/mol. The number of allylic oxidation sites excluding steroid dienone is 2. The van der Waals surface area contributed by atoms with Crippen molar-refractivity contribution in [3.05, 3.63) is 72.3 Å². The van der Waals surface area contributed by atoms with Crippen molar-refractivity contribution in [3.63, 3.8) is 0 Å². The normalized spacial score (nSPS) is 17.2. The predicted molar refractivity (Wildman–Crippen MR) is 165 cm³/mol. The van der Waals surface area contributed by atoms with Crippen molar-refractivity contribution in [2.75, 3.05) is 0 Å². The van der Waals surface area contributed by atoms with E-state index in [-0.39, 0.29) is 37.5 Å². The Kier molecular flexibility index (Phi) is 9.18. The van der Waals surface area contributed by atoms with E-state index in [0.29, 0.717) is 46.2 Å². The van der Waals surface area contributed by atoms with Gasteiger partial charge in [0.2, 0.25) is 0 Å². The predicted octanol–water partition coefficient (Wildman–Crippen LogP) is 3.51. The van der Waals surface area contributed by atoms with Crippen LogP contribution in [-0.2, 0) is 32.0 Å². The van der Waals surface area contributed by atoms with E-state index in [2.05, 4.69) is 20.3 Å². The Morgan fingerprint density at radius 3 is 1.93 bits per heavy atom. The van der Waals surface area contributed by atoms with Crippen LogP contribution in [0.3, 0.4) is 0 Å². The minimum atomic E-state index is -0.922. The molecular formula is C33H38N4O6. The van der Waals surface area contributed by atoms with E-state index in [4.69, 9.17) is 0 Å². The number of carbonyl (C=O) groups is 4. The molecule has 0 saturated carbocycles. The number of hydrogen-bond donors (Lipinski definition) is 5. The van der Waals surface area contributed by atoms with Gasteiger partial charge in [-0.25, -0.2) is 4.99 Å². The van der Waals surface area contributed by atoms with Crippen LogP contribution < -0.4 is 16.0 Å². The first-order valence-electron chi connectivity index (χ1n) is 14.5. The molecule has 0 atom stereocenters. The summed E-state index contributed by atoms with van der Waals surface area (Å²) in [7, 11) is 0. The second kappa shape index (κ2) is 12.6. The molecule has 0 aromatic carbocycles.